The van der Waals surface area contributed by atoms with Crippen LogP contribution in [0.25, 0.3) is 10.9 Å². The van der Waals surface area contributed by atoms with Crippen molar-refractivity contribution in [1.82, 2.24) is 14.8 Å². The zero-order valence-electron chi connectivity index (χ0n) is 14.1. The Morgan fingerprint density at radius 1 is 1.27 bits per heavy atom. The van der Waals surface area contributed by atoms with Crippen LogP contribution >= 0.6 is 11.8 Å². The van der Waals surface area contributed by atoms with E-state index in [1.165, 1.54) is 0 Å². The smallest absolute Gasteiger partial charge is 0.340 e. The number of aromatic nitrogens is 1. The van der Waals surface area contributed by atoms with E-state index in [-0.39, 0.29) is 30.0 Å². The summed E-state index contributed by atoms with van der Waals surface area (Å²) in [5, 5.41) is 2.96. The van der Waals surface area contributed by atoms with E-state index in [0.29, 0.717) is 5.56 Å². The first-order chi connectivity index (χ1) is 12.5. The van der Waals surface area contributed by atoms with Gasteiger partial charge in [-0.05, 0) is 6.07 Å². The Bertz CT molecular complexity index is 876. The Balaban J connectivity index is 1.49. The van der Waals surface area contributed by atoms with Crippen molar-refractivity contribution >= 4 is 45.7 Å². The Morgan fingerprint density at radius 3 is 2.77 bits per heavy atom. The van der Waals surface area contributed by atoms with Crippen molar-refractivity contribution in [3.05, 3.63) is 36.0 Å². The molecule has 0 spiro atoms. The molecule has 0 atom stereocenters. The quantitative estimate of drug-likeness (QED) is 0.761. The monoisotopic (exact) mass is 375 g/mol. The molecule has 1 fully saturated rings. The summed E-state index contributed by atoms with van der Waals surface area (Å²) < 4.78 is 6.87. The Kier molecular flexibility index (Phi) is 5.27. The average molecular weight is 375 g/mol. The van der Waals surface area contributed by atoms with E-state index in [9.17, 15) is 19.2 Å². The minimum atomic E-state index is -0.585. The summed E-state index contributed by atoms with van der Waals surface area (Å²) in [6.07, 6.45) is 1.66. The second-order valence-electron chi connectivity index (χ2n) is 5.70. The van der Waals surface area contributed by atoms with Gasteiger partial charge in [0.25, 0.3) is 11.1 Å². The van der Waals surface area contributed by atoms with Crippen molar-refractivity contribution in [2.24, 2.45) is 7.05 Å². The molecule has 1 aromatic heterocycles. The van der Waals surface area contributed by atoms with E-state index in [4.69, 9.17) is 4.74 Å². The topological polar surface area (TPSA) is 97.7 Å². The molecule has 0 unspecified atom stereocenters. The van der Waals surface area contributed by atoms with Crippen LogP contribution in [0.2, 0.25) is 0 Å². The number of benzene rings is 1. The summed E-state index contributed by atoms with van der Waals surface area (Å²) in [6, 6.07) is 7.40. The normalized spacial score (nSPS) is 14.1. The van der Waals surface area contributed by atoms with Crippen molar-refractivity contribution in [1.29, 1.82) is 0 Å². The first-order valence-electron chi connectivity index (χ1n) is 7.92. The van der Waals surface area contributed by atoms with Gasteiger partial charge in [0.2, 0.25) is 5.91 Å². The van der Waals surface area contributed by atoms with Crippen molar-refractivity contribution in [2.45, 2.75) is 0 Å². The molecule has 1 aromatic carbocycles. The van der Waals surface area contributed by atoms with Gasteiger partial charge in [-0.2, -0.15) is 0 Å². The van der Waals surface area contributed by atoms with Crippen LogP contribution in [0.15, 0.2) is 30.5 Å². The first kappa shape index (κ1) is 18.0. The number of amides is 3. The number of thioether (sulfide) groups is 1. The number of para-hydroxylation sites is 1. The molecule has 26 heavy (non-hydrogen) atoms. The van der Waals surface area contributed by atoms with Crippen LogP contribution in [0.5, 0.6) is 0 Å². The number of fused-ring (bicyclic) bond motifs is 1. The summed E-state index contributed by atoms with van der Waals surface area (Å²) in [6.45, 7) is -0.213. The molecular weight excluding hydrogens is 358 g/mol. The number of ether oxygens (including phenoxy) is 1. The first-order valence-corrected chi connectivity index (χ1v) is 8.91. The SMILES string of the molecule is Cn1cc(C(=O)OCC(=O)NCCN2C(=O)CSC2=O)c2ccccc21. The minimum Gasteiger partial charge on any atom is -0.452 e. The summed E-state index contributed by atoms with van der Waals surface area (Å²) in [5.74, 6) is -1.21. The van der Waals surface area contributed by atoms with Gasteiger partial charge in [0.05, 0.1) is 11.3 Å². The van der Waals surface area contributed by atoms with E-state index in [1.807, 2.05) is 35.9 Å². The number of imide groups is 1. The van der Waals surface area contributed by atoms with Crippen LogP contribution in [0.3, 0.4) is 0 Å². The van der Waals surface area contributed by atoms with Gasteiger partial charge in [-0.1, -0.05) is 30.0 Å². The molecule has 9 heteroatoms. The molecule has 1 aliphatic rings. The standard InChI is InChI=1S/C17H17N3O5S/c1-19-8-12(11-4-2-3-5-13(11)19)16(23)25-9-14(21)18-6-7-20-15(22)10-26-17(20)24/h2-5,8H,6-7,9-10H2,1H3,(H,18,21). The number of rotatable bonds is 6. The summed E-state index contributed by atoms with van der Waals surface area (Å²) in [7, 11) is 1.82. The second kappa shape index (κ2) is 7.61. The molecule has 1 N–H and O–H groups in total. The number of hydrogen-bond acceptors (Lipinski definition) is 6. The number of nitrogens with one attached hydrogen (secondary N) is 1. The van der Waals surface area contributed by atoms with Crippen molar-refractivity contribution in [3.8, 4) is 0 Å². The van der Waals surface area contributed by atoms with Crippen LogP contribution in [0.4, 0.5) is 4.79 Å². The zero-order chi connectivity index (χ0) is 18.7. The van der Waals surface area contributed by atoms with Gasteiger partial charge in [0, 0.05) is 37.2 Å². The summed E-state index contributed by atoms with van der Waals surface area (Å²) in [5.41, 5.74) is 1.28. The highest BCUT2D eigenvalue weighted by Crippen LogP contribution is 2.21. The second-order valence-corrected chi connectivity index (χ2v) is 6.62. The van der Waals surface area contributed by atoms with E-state index < -0.39 is 18.5 Å². The average Bonchev–Trinajstić information content (AvgIpc) is 3.14. The predicted molar refractivity (Wildman–Crippen MR) is 95.8 cm³/mol. The van der Waals surface area contributed by atoms with Gasteiger partial charge < -0.3 is 14.6 Å². The highest BCUT2D eigenvalue weighted by Gasteiger charge is 2.29. The molecule has 1 aliphatic heterocycles. The molecule has 3 rings (SSSR count). The molecule has 2 heterocycles. The van der Waals surface area contributed by atoms with Crippen molar-refractivity contribution < 1.29 is 23.9 Å². The fourth-order valence-electron chi connectivity index (χ4n) is 2.67. The molecule has 0 bridgehead atoms. The summed E-state index contributed by atoms with van der Waals surface area (Å²) >= 11 is 0.940. The Morgan fingerprint density at radius 2 is 2.04 bits per heavy atom. The fourth-order valence-corrected chi connectivity index (χ4v) is 3.42. The maximum absolute atomic E-state index is 12.2. The molecule has 2 aromatic rings. The minimum absolute atomic E-state index is 0.105. The predicted octanol–water partition coefficient (Wildman–Crippen LogP) is 1.15. The van der Waals surface area contributed by atoms with Gasteiger partial charge in [-0.25, -0.2) is 4.79 Å². The molecule has 1 saturated heterocycles. The van der Waals surface area contributed by atoms with E-state index in [2.05, 4.69) is 5.32 Å². The molecule has 3 amide bonds. The number of nitrogens with zero attached hydrogens (tertiary/aromatic N) is 2. The van der Waals surface area contributed by atoms with Crippen molar-refractivity contribution in [3.63, 3.8) is 0 Å². The van der Waals surface area contributed by atoms with Gasteiger partial charge in [0.1, 0.15) is 0 Å². The van der Waals surface area contributed by atoms with Gasteiger partial charge in [-0.15, -0.1) is 0 Å². The van der Waals surface area contributed by atoms with Gasteiger partial charge >= 0.3 is 5.97 Å². The molecule has 0 radical (unpaired) electrons. The zero-order valence-corrected chi connectivity index (χ0v) is 14.9. The lowest BCUT2D eigenvalue weighted by molar-refractivity contribution is -0.126. The third kappa shape index (κ3) is 3.72. The van der Waals surface area contributed by atoms with Crippen molar-refractivity contribution in [2.75, 3.05) is 25.4 Å². The Hall–Kier alpha value is -2.81. The lowest BCUT2D eigenvalue weighted by Crippen LogP contribution is -2.38. The number of hydrogen-bond donors (Lipinski definition) is 1. The Labute approximate surface area is 153 Å². The van der Waals surface area contributed by atoms with Crippen LogP contribution in [0.1, 0.15) is 10.4 Å². The van der Waals surface area contributed by atoms with E-state index in [1.54, 1.807) is 6.20 Å². The van der Waals surface area contributed by atoms with Gasteiger partial charge in [0.15, 0.2) is 6.61 Å². The van der Waals surface area contributed by atoms with Crippen LogP contribution in [-0.2, 0) is 21.4 Å². The highest BCUT2D eigenvalue weighted by molar-refractivity contribution is 8.14. The third-order valence-corrected chi connectivity index (χ3v) is 4.81. The van der Waals surface area contributed by atoms with Gasteiger partial charge in [-0.3, -0.25) is 19.3 Å². The lowest BCUT2D eigenvalue weighted by Gasteiger charge is -2.13. The number of carbonyl (C=O) groups is 4. The molecule has 0 aliphatic carbocycles. The molecule has 0 saturated carbocycles. The number of carbonyl (C=O) groups excluding carboxylic acids is 4. The number of esters is 1. The van der Waals surface area contributed by atoms with Crippen LogP contribution in [0, 0.1) is 0 Å². The molecule has 8 nitrogen and oxygen atoms in total. The largest absolute Gasteiger partial charge is 0.452 e. The number of aryl methyl sites for hydroxylation is 1. The fraction of sp³-hybridized carbons (Fsp3) is 0.294. The van der Waals surface area contributed by atoms with Crippen LogP contribution in [-0.4, -0.2) is 57.9 Å². The van der Waals surface area contributed by atoms with E-state index >= 15 is 0 Å². The maximum atomic E-state index is 12.2. The molecular formula is C17H17N3O5S. The van der Waals surface area contributed by atoms with E-state index in [0.717, 1.165) is 27.6 Å². The maximum Gasteiger partial charge on any atom is 0.340 e. The third-order valence-electron chi connectivity index (χ3n) is 3.95. The molecule has 136 valence electrons. The highest BCUT2D eigenvalue weighted by atomic mass is 32.2. The lowest BCUT2D eigenvalue weighted by atomic mass is 10.2. The summed E-state index contributed by atoms with van der Waals surface area (Å²) in [4.78, 5) is 48.0. The van der Waals surface area contributed by atoms with Crippen LogP contribution < -0.4 is 5.32 Å².